The molecule has 4 heteroatoms. The molecule has 0 fully saturated rings. The second kappa shape index (κ2) is 6.45. The average molecular weight is 239 g/mol. The SMILES string of the molecule is CCC(CO)NC(=O)/C=C/c1sccc1C. The van der Waals surface area contributed by atoms with Gasteiger partial charge >= 0.3 is 0 Å². The number of hydrogen-bond donors (Lipinski definition) is 2. The molecular formula is C12H17NO2S. The third-order valence-electron chi connectivity index (χ3n) is 2.35. The molecule has 1 unspecified atom stereocenters. The summed E-state index contributed by atoms with van der Waals surface area (Å²) in [6.45, 7) is 3.92. The minimum Gasteiger partial charge on any atom is -0.394 e. The van der Waals surface area contributed by atoms with Crippen molar-refractivity contribution in [1.82, 2.24) is 5.32 Å². The number of rotatable bonds is 5. The Morgan fingerprint density at radius 3 is 2.94 bits per heavy atom. The van der Waals surface area contributed by atoms with Gasteiger partial charge in [-0.25, -0.2) is 0 Å². The van der Waals surface area contributed by atoms with Crippen molar-refractivity contribution in [2.75, 3.05) is 6.61 Å². The largest absolute Gasteiger partial charge is 0.394 e. The van der Waals surface area contributed by atoms with E-state index in [0.717, 1.165) is 11.3 Å². The monoisotopic (exact) mass is 239 g/mol. The number of aliphatic hydroxyl groups excluding tert-OH is 1. The van der Waals surface area contributed by atoms with Gasteiger partial charge in [0.1, 0.15) is 0 Å². The van der Waals surface area contributed by atoms with E-state index in [-0.39, 0.29) is 18.6 Å². The zero-order valence-electron chi connectivity index (χ0n) is 9.56. The van der Waals surface area contributed by atoms with Crippen LogP contribution < -0.4 is 5.32 Å². The predicted octanol–water partition coefficient (Wildman–Crippen LogP) is 1.96. The van der Waals surface area contributed by atoms with Crippen molar-refractivity contribution >= 4 is 23.3 Å². The maximum absolute atomic E-state index is 11.5. The highest BCUT2D eigenvalue weighted by molar-refractivity contribution is 7.11. The van der Waals surface area contributed by atoms with Gasteiger partial charge in [-0.3, -0.25) is 4.79 Å². The lowest BCUT2D eigenvalue weighted by Crippen LogP contribution is -2.35. The van der Waals surface area contributed by atoms with Crippen LogP contribution in [0.1, 0.15) is 23.8 Å². The predicted molar refractivity (Wildman–Crippen MR) is 67.4 cm³/mol. The number of amides is 1. The number of thiophene rings is 1. The first-order valence-corrected chi connectivity index (χ1v) is 6.18. The van der Waals surface area contributed by atoms with Gasteiger partial charge in [0.25, 0.3) is 0 Å². The summed E-state index contributed by atoms with van der Waals surface area (Å²) >= 11 is 1.61. The second-order valence-electron chi connectivity index (χ2n) is 3.60. The van der Waals surface area contributed by atoms with Crippen LogP contribution in [0.15, 0.2) is 17.5 Å². The number of nitrogens with one attached hydrogen (secondary N) is 1. The molecule has 1 aromatic rings. The summed E-state index contributed by atoms with van der Waals surface area (Å²) in [5.41, 5.74) is 1.17. The summed E-state index contributed by atoms with van der Waals surface area (Å²) in [5, 5.41) is 13.7. The standard InChI is InChI=1S/C12H17NO2S/c1-3-10(8-14)13-12(15)5-4-11-9(2)6-7-16-11/h4-7,10,14H,3,8H2,1-2H3,(H,13,15)/b5-4+. The van der Waals surface area contributed by atoms with Crippen molar-refractivity contribution in [2.45, 2.75) is 26.3 Å². The van der Waals surface area contributed by atoms with Crippen LogP contribution in [0.25, 0.3) is 6.08 Å². The van der Waals surface area contributed by atoms with Crippen molar-refractivity contribution in [2.24, 2.45) is 0 Å². The summed E-state index contributed by atoms with van der Waals surface area (Å²) in [4.78, 5) is 12.6. The molecule has 1 aromatic heterocycles. The normalized spacial score (nSPS) is 12.9. The lowest BCUT2D eigenvalue weighted by Gasteiger charge is -2.11. The van der Waals surface area contributed by atoms with Gasteiger partial charge in [-0.05, 0) is 36.4 Å². The Morgan fingerprint density at radius 1 is 1.69 bits per heavy atom. The third-order valence-corrected chi connectivity index (χ3v) is 3.33. The van der Waals surface area contributed by atoms with Crippen molar-refractivity contribution in [1.29, 1.82) is 0 Å². The third kappa shape index (κ3) is 3.79. The summed E-state index contributed by atoms with van der Waals surface area (Å²) in [5.74, 6) is -0.159. The zero-order chi connectivity index (χ0) is 12.0. The van der Waals surface area contributed by atoms with Crippen molar-refractivity contribution in [3.05, 3.63) is 28.0 Å². The van der Waals surface area contributed by atoms with E-state index >= 15 is 0 Å². The van der Waals surface area contributed by atoms with E-state index in [4.69, 9.17) is 5.11 Å². The molecule has 0 bridgehead atoms. The van der Waals surface area contributed by atoms with E-state index < -0.39 is 0 Å². The van der Waals surface area contributed by atoms with Crippen LogP contribution in [-0.2, 0) is 4.79 Å². The molecular weight excluding hydrogens is 222 g/mol. The van der Waals surface area contributed by atoms with Gasteiger partial charge in [-0.2, -0.15) is 0 Å². The molecule has 1 heterocycles. The molecule has 2 N–H and O–H groups in total. The van der Waals surface area contributed by atoms with E-state index in [1.165, 1.54) is 11.6 Å². The van der Waals surface area contributed by atoms with Gasteiger partial charge in [0.05, 0.1) is 12.6 Å². The average Bonchev–Trinajstić information content (AvgIpc) is 2.69. The summed E-state index contributed by atoms with van der Waals surface area (Å²) in [7, 11) is 0. The molecule has 1 rings (SSSR count). The Hall–Kier alpha value is -1.13. The topological polar surface area (TPSA) is 49.3 Å². The van der Waals surface area contributed by atoms with Gasteiger partial charge in [-0.15, -0.1) is 11.3 Å². The van der Waals surface area contributed by atoms with E-state index in [2.05, 4.69) is 5.32 Å². The Bertz CT molecular complexity index is 367. The highest BCUT2D eigenvalue weighted by Gasteiger charge is 2.06. The Kier molecular flexibility index (Phi) is 5.22. The fraction of sp³-hybridized carbons (Fsp3) is 0.417. The first-order valence-electron chi connectivity index (χ1n) is 5.31. The van der Waals surface area contributed by atoms with Gasteiger partial charge in [-0.1, -0.05) is 6.92 Å². The van der Waals surface area contributed by atoms with Crippen LogP contribution in [0, 0.1) is 6.92 Å². The molecule has 0 spiro atoms. The van der Waals surface area contributed by atoms with Gasteiger partial charge in [0.15, 0.2) is 0 Å². The zero-order valence-corrected chi connectivity index (χ0v) is 10.4. The van der Waals surface area contributed by atoms with Crippen LogP contribution in [0.2, 0.25) is 0 Å². The van der Waals surface area contributed by atoms with Gasteiger partial charge in [0, 0.05) is 11.0 Å². The Morgan fingerprint density at radius 2 is 2.44 bits per heavy atom. The molecule has 0 aromatic carbocycles. The summed E-state index contributed by atoms with van der Waals surface area (Å²) in [6.07, 6.45) is 4.05. The van der Waals surface area contributed by atoms with E-state index in [0.29, 0.717) is 0 Å². The number of carbonyl (C=O) groups excluding carboxylic acids is 1. The molecule has 0 aliphatic heterocycles. The number of carbonyl (C=O) groups is 1. The van der Waals surface area contributed by atoms with Crippen LogP contribution in [-0.4, -0.2) is 23.7 Å². The van der Waals surface area contributed by atoms with Crippen LogP contribution >= 0.6 is 11.3 Å². The van der Waals surface area contributed by atoms with Crippen LogP contribution in [0.3, 0.4) is 0 Å². The molecule has 1 amide bonds. The maximum Gasteiger partial charge on any atom is 0.244 e. The summed E-state index contributed by atoms with van der Waals surface area (Å²) in [6, 6.07) is 1.87. The number of hydrogen-bond acceptors (Lipinski definition) is 3. The van der Waals surface area contributed by atoms with Crippen LogP contribution in [0.4, 0.5) is 0 Å². The minimum absolute atomic E-state index is 0.0197. The smallest absolute Gasteiger partial charge is 0.244 e. The minimum atomic E-state index is -0.159. The number of aryl methyl sites for hydroxylation is 1. The number of aliphatic hydroxyl groups is 1. The van der Waals surface area contributed by atoms with E-state index in [1.807, 2.05) is 25.3 Å². The van der Waals surface area contributed by atoms with Gasteiger partial charge in [0.2, 0.25) is 5.91 Å². The first kappa shape index (κ1) is 12.9. The second-order valence-corrected chi connectivity index (χ2v) is 4.55. The fourth-order valence-corrected chi connectivity index (χ4v) is 2.05. The van der Waals surface area contributed by atoms with Crippen molar-refractivity contribution in [3.63, 3.8) is 0 Å². The molecule has 0 aliphatic carbocycles. The Labute approximate surface area is 99.8 Å². The highest BCUT2D eigenvalue weighted by Crippen LogP contribution is 2.16. The first-order chi connectivity index (χ1) is 7.67. The molecule has 16 heavy (non-hydrogen) atoms. The highest BCUT2D eigenvalue weighted by atomic mass is 32.1. The fourth-order valence-electron chi connectivity index (χ4n) is 1.23. The molecule has 0 saturated heterocycles. The van der Waals surface area contributed by atoms with E-state index in [9.17, 15) is 4.79 Å². The molecule has 0 aliphatic rings. The Balaban J connectivity index is 2.51. The lowest BCUT2D eigenvalue weighted by molar-refractivity contribution is -0.117. The molecule has 3 nitrogen and oxygen atoms in total. The molecule has 1 atom stereocenters. The van der Waals surface area contributed by atoms with E-state index in [1.54, 1.807) is 17.4 Å². The summed E-state index contributed by atoms with van der Waals surface area (Å²) < 4.78 is 0. The van der Waals surface area contributed by atoms with Gasteiger partial charge < -0.3 is 10.4 Å². The lowest BCUT2D eigenvalue weighted by atomic mass is 10.2. The molecule has 0 radical (unpaired) electrons. The van der Waals surface area contributed by atoms with Crippen LogP contribution in [0.5, 0.6) is 0 Å². The molecule has 0 saturated carbocycles. The quantitative estimate of drug-likeness (QED) is 0.772. The maximum atomic E-state index is 11.5. The van der Waals surface area contributed by atoms with Crippen molar-refractivity contribution in [3.8, 4) is 0 Å². The molecule has 88 valence electrons. The van der Waals surface area contributed by atoms with Crippen molar-refractivity contribution < 1.29 is 9.90 Å².